The third kappa shape index (κ3) is 1.84. The normalized spacial score (nSPS) is 12.2. The van der Waals surface area contributed by atoms with E-state index in [1.807, 2.05) is 0 Å². The maximum atomic E-state index is 12.7. The Morgan fingerprint density at radius 2 is 2.31 bits per heavy atom. The Morgan fingerprint density at radius 3 is 3.06 bits per heavy atom. The van der Waals surface area contributed by atoms with Gasteiger partial charge in [0.15, 0.2) is 11.5 Å². The van der Waals surface area contributed by atoms with Gasteiger partial charge in [0.1, 0.15) is 17.7 Å². The van der Waals surface area contributed by atoms with Crippen LogP contribution in [0.5, 0.6) is 0 Å². The molecule has 0 fully saturated rings. The molecule has 0 spiro atoms. The Morgan fingerprint density at radius 1 is 1.50 bits per heavy atom. The molecule has 2 heterocycles. The number of nitrogens with zero attached hydrogens (tertiary/aromatic N) is 4. The van der Waals surface area contributed by atoms with Crippen molar-refractivity contribution in [2.24, 2.45) is 0 Å². The highest BCUT2D eigenvalue weighted by Crippen LogP contribution is 2.14. The number of rotatable bonds is 3. The summed E-state index contributed by atoms with van der Waals surface area (Å²) >= 11 is 0. The predicted octanol–water partition coefficient (Wildman–Crippen LogP) is 0.254. The van der Waals surface area contributed by atoms with Gasteiger partial charge in [-0.2, -0.15) is 0 Å². The van der Waals surface area contributed by atoms with Gasteiger partial charge < -0.3 is 15.4 Å². The topological polar surface area (TPSA) is 89.9 Å². The lowest BCUT2D eigenvalue weighted by Gasteiger charge is -1.99. The minimum Gasteiger partial charge on any atom is -0.389 e. The molecule has 0 unspecified atom stereocenters. The molecule has 3 N–H and O–H groups in total. The molecule has 0 aliphatic carbocycles. The second-order valence-corrected chi connectivity index (χ2v) is 3.14. The molecule has 0 aliphatic heterocycles. The average Bonchev–Trinajstić information content (AvgIpc) is 2.70. The Kier molecular flexibility index (Phi) is 2.78. The highest BCUT2D eigenvalue weighted by Gasteiger charge is 2.06. The van der Waals surface area contributed by atoms with Crippen LogP contribution in [0.2, 0.25) is 0 Å². The fourth-order valence-corrected chi connectivity index (χ4v) is 1.29. The van der Waals surface area contributed by atoms with E-state index in [9.17, 15) is 4.39 Å². The zero-order valence-electron chi connectivity index (χ0n) is 8.34. The molecule has 7 heteroatoms. The maximum Gasteiger partial charge on any atom is 0.165 e. The van der Waals surface area contributed by atoms with Crippen LogP contribution in [-0.2, 0) is 6.54 Å². The SMILES string of the molecule is Nc1ncnc2c1ncn2C/C=C(\F)CO. The van der Waals surface area contributed by atoms with Crippen molar-refractivity contribution in [1.29, 1.82) is 0 Å². The van der Waals surface area contributed by atoms with Crippen molar-refractivity contribution in [2.45, 2.75) is 6.54 Å². The molecule has 0 aliphatic rings. The molecule has 84 valence electrons. The van der Waals surface area contributed by atoms with Crippen LogP contribution in [0.1, 0.15) is 0 Å². The number of allylic oxidation sites excluding steroid dienone is 1. The fourth-order valence-electron chi connectivity index (χ4n) is 1.29. The van der Waals surface area contributed by atoms with Crippen LogP contribution in [-0.4, -0.2) is 31.2 Å². The fraction of sp³-hybridized carbons (Fsp3) is 0.222. The lowest BCUT2D eigenvalue weighted by atomic mass is 10.4. The maximum absolute atomic E-state index is 12.7. The number of aromatic nitrogens is 4. The molecule has 2 aromatic heterocycles. The van der Waals surface area contributed by atoms with E-state index in [4.69, 9.17) is 10.8 Å². The van der Waals surface area contributed by atoms with Crippen molar-refractivity contribution in [3.8, 4) is 0 Å². The van der Waals surface area contributed by atoms with Crippen molar-refractivity contribution in [3.63, 3.8) is 0 Å². The Labute approximate surface area is 90.3 Å². The van der Waals surface area contributed by atoms with Gasteiger partial charge in [0.05, 0.1) is 12.9 Å². The molecule has 2 aromatic rings. The van der Waals surface area contributed by atoms with E-state index in [2.05, 4.69) is 15.0 Å². The van der Waals surface area contributed by atoms with E-state index < -0.39 is 12.4 Å². The van der Waals surface area contributed by atoms with Gasteiger partial charge in [-0.3, -0.25) is 0 Å². The van der Waals surface area contributed by atoms with Crippen molar-refractivity contribution >= 4 is 17.0 Å². The lowest BCUT2D eigenvalue weighted by Crippen LogP contribution is -1.98. The number of halogens is 1. The number of anilines is 1. The highest BCUT2D eigenvalue weighted by atomic mass is 19.1. The van der Waals surface area contributed by atoms with Gasteiger partial charge in [0.2, 0.25) is 0 Å². The number of aliphatic hydroxyl groups is 1. The van der Waals surface area contributed by atoms with E-state index in [0.717, 1.165) is 0 Å². The first-order valence-corrected chi connectivity index (χ1v) is 4.59. The summed E-state index contributed by atoms with van der Waals surface area (Å²) in [6.45, 7) is -0.372. The number of hydrogen-bond donors (Lipinski definition) is 2. The molecule has 16 heavy (non-hydrogen) atoms. The van der Waals surface area contributed by atoms with Crippen LogP contribution < -0.4 is 5.73 Å². The van der Waals surface area contributed by atoms with E-state index >= 15 is 0 Å². The smallest absolute Gasteiger partial charge is 0.165 e. The molecule has 0 saturated heterocycles. The van der Waals surface area contributed by atoms with Crippen LogP contribution in [0.15, 0.2) is 24.6 Å². The summed E-state index contributed by atoms with van der Waals surface area (Å²) < 4.78 is 14.3. The van der Waals surface area contributed by atoms with Gasteiger partial charge in [-0.05, 0) is 6.08 Å². The molecule has 0 radical (unpaired) electrons. The first-order chi connectivity index (χ1) is 7.72. The number of nitrogen functional groups attached to an aromatic ring is 1. The molecular formula is C9H10FN5O. The van der Waals surface area contributed by atoms with Crippen LogP contribution in [0.3, 0.4) is 0 Å². The Bertz CT molecular complexity index is 536. The van der Waals surface area contributed by atoms with Gasteiger partial charge in [-0.15, -0.1) is 0 Å². The summed E-state index contributed by atoms with van der Waals surface area (Å²) in [5.41, 5.74) is 6.62. The molecular weight excluding hydrogens is 213 g/mol. The van der Waals surface area contributed by atoms with Crippen LogP contribution in [0, 0.1) is 0 Å². The quantitative estimate of drug-likeness (QED) is 0.778. The summed E-state index contributed by atoms with van der Waals surface area (Å²) in [6, 6.07) is 0. The first kappa shape index (κ1) is 10.5. The van der Waals surface area contributed by atoms with Gasteiger partial charge >= 0.3 is 0 Å². The Balaban J connectivity index is 2.36. The number of fused-ring (bicyclic) bond motifs is 1. The molecule has 0 atom stereocenters. The molecule has 0 bridgehead atoms. The van der Waals surface area contributed by atoms with Gasteiger partial charge in [0, 0.05) is 6.54 Å². The van der Waals surface area contributed by atoms with Crippen molar-refractivity contribution in [1.82, 2.24) is 19.5 Å². The van der Waals surface area contributed by atoms with E-state index in [-0.39, 0.29) is 12.4 Å². The largest absolute Gasteiger partial charge is 0.389 e. The second-order valence-electron chi connectivity index (χ2n) is 3.14. The summed E-state index contributed by atoms with van der Waals surface area (Å²) in [6.07, 6.45) is 4.07. The first-order valence-electron chi connectivity index (χ1n) is 4.59. The van der Waals surface area contributed by atoms with Crippen molar-refractivity contribution in [2.75, 3.05) is 12.3 Å². The molecule has 0 amide bonds. The van der Waals surface area contributed by atoms with E-state index in [1.54, 1.807) is 4.57 Å². The van der Waals surface area contributed by atoms with Gasteiger partial charge in [0.25, 0.3) is 0 Å². The number of hydrogen-bond acceptors (Lipinski definition) is 5. The summed E-state index contributed by atoms with van der Waals surface area (Å²) in [4.78, 5) is 11.8. The zero-order valence-corrected chi connectivity index (χ0v) is 8.34. The summed E-state index contributed by atoms with van der Waals surface area (Å²) in [5.74, 6) is -0.306. The van der Waals surface area contributed by atoms with Crippen molar-refractivity contribution < 1.29 is 9.50 Å². The number of imidazole rings is 1. The predicted molar refractivity (Wildman–Crippen MR) is 56.0 cm³/mol. The van der Waals surface area contributed by atoms with E-state index in [0.29, 0.717) is 11.2 Å². The Hall–Kier alpha value is -2.02. The monoisotopic (exact) mass is 223 g/mol. The minimum atomic E-state index is -0.607. The molecule has 0 aromatic carbocycles. The number of nitrogens with two attached hydrogens (primary N) is 1. The average molecular weight is 223 g/mol. The minimum absolute atomic E-state index is 0.235. The second kappa shape index (κ2) is 4.23. The third-order valence-corrected chi connectivity index (χ3v) is 2.09. The van der Waals surface area contributed by atoms with Gasteiger partial charge in [-0.1, -0.05) is 0 Å². The third-order valence-electron chi connectivity index (χ3n) is 2.09. The van der Waals surface area contributed by atoms with Crippen LogP contribution >= 0.6 is 0 Å². The van der Waals surface area contributed by atoms with Crippen LogP contribution in [0.25, 0.3) is 11.2 Å². The lowest BCUT2D eigenvalue weighted by molar-refractivity contribution is 0.297. The van der Waals surface area contributed by atoms with E-state index in [1.165, 1.54) is 18.7 Å². The van der Waals surface area contributed by atoms with Crippen molar-refractivity contribution in [3.05, 3.63) is 24.6 Å². The summed E-state index contributed by atoms with van der Waals surface area (Å²) in [5, 5.41) is 8.51. The molecule has 2 rings (SSSR count). The molecule has 0 saturated carbocycles. The highest BCUT2D eigenvalue weighted by molar-refractivity contribution is 5.81. The molecule has 6 nitrogen and oxygen atoms in total. The summed E-state index contributed by atoms with van der Waals surface area (Å²) in [7, 11) is 0. The standard InChI is InChI=1S/C9H10FN5O/c10-6(3-16)1-2-15-5-14-7-8(11)12-4-13-9(7)15/h1,4-5,16H,2-3H2,(H2,11,12,13)/b6-1-. The number of aliphatic hydroxyl groups excluding tert-OH is 1. The van der Waals surface area contributed by atoms with Gasteiger partial charge in [-0.25, -0.2) is 19.3 Å². The van der Waals surface area contributed by atoms with Crippen LogP contribution in [0.4, 0.5) is 10.2 Å². The zero-order chi connectivity index (χ0) is 11.5.